The maximum atomic E-state index is 6.01. The molecule has 0 N–H and O–H groups in total. The molecule has 0 radical (unpaired) electrons. The molecule has 0 fully saturated rings. The van der Waals surface area contributed by atoms with Crippen molar-refractivity contribution in [2.75, 3.05) is 13.6 Å². The number of fused-ring (bicyclic) bond motifs is 1. The second kappa shape index (κ2) is 4.67. The molecule has 2 heterocycles. The summed E-state index contributed by atoms with van der Waals surface area (Å²) < 4.78 is 11.5. The maximum absolute atomic E-state index is 6.01. The van der Waals surface area contributed by atoms with E-state index in [9.17, 15) is 0 Å². The molecule has 3 nitrogen and oxygen atoms in total. The summed E-state index contributed by atoms with van der Waals surface area (Å²) in [7, 11) is 2.06. The lowest BCUT2D eigenvalue weighted by Crippen LogP contribution is -2.32. The van der Waals surface area contributed by atoms with E-state index in [-0.39, 0.29) is 6.10 Å². The first-order valence-corrected chi connectivity index (χ1v) is 6.27. The Morgan fingerprint density at radius 1 is 1.28 bits per heavy atom. The highest BCUT2D eigenvalue weighted by Crippen LogP contribution is 2.31. The lowest BCUT2D eigenvalue weighted by molar-refractivity contribution is 0.120. The van der Waals surface area contributed by atoms with E-state index in [2.05, 4.69) is 11.9 Å². The number of benzene rings is 1. The van der Waals surface area contributed by atoms with Gasteiger partial charge in [-0.1, -0.05) is 11.6 Å². The number of rotatable bonds is 2. The molecule has 1 unspecified atom stereocenters. The number of ether oxygens (including phenoxy) is 1. The third kappa shape index (κ3) is 2.24. The van der Waals surface area contributed by atoms with E-state index in [4.69, 9.17) is 20.8 Å². The van der Waals surface area contributed by atoms with E-state index < -0.39 is 0 Å². The van der Waals surface area contributed by atoms with Crippen LogP contribution in [0.3, 0.4) is 0 Å². The molecule has 0 aliphatic carbocycles. The first-order chi connectivity index (χ1) is 8.72. The van der Waals surface area contributed by atoms with Crippen LogP contribution in [-0.2, 0) is 6.54 Å². The van der Waals surface area contributed by atoms with Gasteiger partial charge in [0.25, 0.3) is 0 Å². The lowest BCUT2D eigenvalue weighted by atomic mass is 10.1. The number of hydrogen-bond donors (Lipinski definition) is 0. The lowest BCUT2D eigenvalue weighted by Gasteiger charge is -2.29. The Balaban J connectivity index is 1.83. The van der Waals surface area contributed by atoms with Crippen LogP contribution in [0.1, 0.15) is 17.4 Å². The van der Waals surface area contributed by atoms with Gasteiger partial charge >= 0.3 is 0 Å². The third-order valence-corrected chi connectivity index (χ3v) is 3.36. The quantitative estimate of drug-likeness (QED) is 0.829. The second-order valence-corrected chi connectivity index (χ2v) is 4.99. The topological polar surface area (TPSA) is 25.6 Å². The van der Waals surface area contributed by atoms with Gasteiger partial charge in [0.05, 0.1) is 12.8 Å². The summed E-state index contributed by atoms with van der Waals surface area (Å²) in [4.78, 5) is 2.19. The van der Waals surface area contributed by atoms with Gasteiger partial charge in [-0.15, -0.1) is 0 Å². The normalized spacial score (nSPS) is 19.6. The summed E-state index contributed by atoms with van der Waals surface area (Å²) in [5.41, 5.74) is 1.14. The van der Waals surface area contributed by atoms with Crippen LogP contribution in [0.4, 0.5) is 0 Å². The van der Waals surface area contributed by atoms with E-state index in [0.717, 1.165) is 30.2 Å². The zero-order valence-electron chi connectivity index (χ0n) is 10.1. The van der Waals surface area contributed by atoms with Gasteiger partial charge in [-0.2, -0.15) is 0 Å². The molecule has 0 amide bonds. The largest absolute Gasteiger partial charge is 0.484 e. The first-order valence-electron chi connectivity index (χ1n) is 5.89. The zero-order chi connectivity index (χ0) is 12.5. The van der Waals surface area contributed by atoms with Gasteiger partial charge in [0.1, 0.15) is 17.6 Å². The van der Waals surface area contributed by atoms with Crippen molar-refractivity contribution in [2.45, 2.75) is 12.6 Å². The van der Waals surface area contributed by atoms with E-state index in [1.165, 1.54) is 0 Å². The number of halogens is 1. The second-order valence-electron chi connectivity index (χ2n) is 4.56. The van der Waals surface area contributed by atoms with Crippen LogP contribution in [0.15, 0.2) is 41.0 Å². The van der Waals surface area contributed by atoms with Crippen LogP contribution in [0.25, 0.3) is 0 Å². The van der Waals surface area contributed by atoms with E-state index in [1.807, 2.05) is 30.3 Å². The Kier molecular flexibility index (Phi) is 3.02. The summed E-state index contributed by atoms with van der Waals surface area (Å²) in [6.07, 6.45) is 1.74. The van der Waals surface area contributed by atoms with Crippen LogP contribution in [-0.4, -0.2) is 18.5 Å². The molecule has 1 aliphatic rings. The molecule has 0 saturated carbocycles. The highest BCUT2D eigenvalue weighted by Gasteiger charge is 2.27. The van der Waals surface area contributed by atoms with Crippen molar-refractivity contribution in [3.8, 4) is 5.75 Å². The fourth-order valence-corrected chi connectivity index (χ4v) is 2.36. The molecular formula is C14H14ClNO2. The number of likely N-dealkylation sites (N-methyl/N-ethyl adjacent to an activating group) is 1. The number of hydrogen-bond acceptors (Lipinski definition) is 3. The van der Waals surface area contributed by atoms with Crippen molar-refractivity contribution in [1.29, 1.82) is 0 Å². The van der Waals surface area contributed by atoms with Gasteiger partial charge < -0.3 is 9.15 Å². The molecule has 1 aliphatic heterocycles. The van der Waals surface area contributed by atoms with Gasteiger partial charge in [0.15, 0.2) is 0 Å². The molecule has 2 aromatic rings. The SMILES string of the molecule is CN1Cc2occc2C(Oc2ccc(Cl)cc2)C1. The minimum absolute atomic E-state index is 0.0127. The van der Waals surface area contributed by atoms with Gasteiger partial charge in [0.2, 0.25) is 0 Å². The van der Waals surface area contributed by atoms with E-state index >= 15 is 0 Å². The average molecular weight is 264 g/mol. The number of furan rings is 1. The minimum Gasteiger partial charge on any atom is -0.484 e. The van der Waals surface area contributed by atoms with Crippen LogP contribution in [0.2, 0.25) is 5.02 Å². The fourth-order valence-electron chi connectivity index (χ4n) is 2.24. The van der Waals surface area contributed by atoms with Crippen molar-refractivity contribution in [3.05, 3.63) is 52.9 Å². The van der Waals surface area contributed by atoms with Crippen molar-refractivity contribution >= 4 is 11.6 Å². The van der Waals surface area contributed by atoms with Crippen LogP contribution >= 0.6 is 11.6 Å². The monoisotopic (exact) mass is 263 g/mol. The predicted octanol–water partition coefficient (Wildman–Crippen LogP) is 3.50. The Morgan fingerprint density at radius 2 is 2.06 bits per heavy atom. The summed E-state index contributed by atoms with van der Waals surface area (Å²) >= 11 is 5.86. The Morgan fingerprint density at radius 3 is 2.83 bits per heavy atom. The van der Waals surface area contributed by atoms with E-state index in [0.29, 0.717) is 5.02 Å². The first kappa shape index (κ1) is 11.6. The summed E-state index contributed by atoms with van der Waals surface area (Å²) in [6, 6.07) is 9.43. The van der Waals surface area contributed by atoms with Gasteiger partial charge in [-0.05, 0) is 37.4 Å². The van der Waals surface area contributed by atoms with Crippen molar-refractivity contribution in [3.63, 3.8) is 0 Å². The predicted molar refractivity (Wildman–Crippen MR) is 69.9 cm³/mol. The molecule has 4 heteroatoms. The third-order valence-electron chi connectivity index (χ3n) is 3.11. The average Bonchev–Trinajstić information content (AvgIpc) is 2.80. The summed E-state index contributed by atoms with van der Waals surface area (Å²) in [5, 5.41) is 0.715. The molecule has 1 aromatic carbocycles. The minimum atomic E-state index is 0.0127. The fraction of sp³-hybridized carbons (Fsp3) is 0.286. The standard InChI is InChI=1S/C14H14ClNO2/c1-16-8-13-12(6-7-17-13)14(9-16)18-11-4-2-10(15)3-5-11/h2-7,14H,8-9H2,1H3. The molecule has 0 saturated heterocycles. The molecule has 0 bridgehead atoms. The maximum Gasteiger partial charge on any atom is 0.140 e. The van der Waals surface area contributed by atoms with Crippen molar-refractivity contribution < 1.29 is 9.15 Å². The Labute approximate surface area is 111 Å². The molecule has 1 atom stereocenters. The number of nitrogens with zero attached hydrogens (tertiary/aromatic N) is 1. The highest BCUT2D eigenvalue weighted by atomic mass is 35.5. The van der Waals surface area contributed by atoms with Crippen molar-refractivity contribution in [2.24, 2.45) is 0 Å². The molecule has 94 valence electrons. The van der Waals surface area contributed by atoms with Gasteiger partial charge in [0, 0.05) is 17.1 Å². The molecular weight excluding hydrogens is 250 g/mol. The molecule has 18 heavy (non-hydrogen) atoms. The Bertz CT molecular complexity index is 535. The van der Waals surface area contributed by atoms with Crippen LogP contribution in [0.5, 0.6) is 5.75 Å². The molecule has 0 spiro atoms. The highest BCUT2D eigenvalue weighted by molar-refractivity contribution is 6.30. The van der Waals surface area contributed by atoms with Crippen molar-refractivity contribution in [1.82, 2.24) is 4.90 Å². The molecule has 1 aromatic heterocycles. The van der Waals surface area contributed by atoms with Crippen LogP contribution in [0, 0.1) is 0 Å². The van der Waals surface area contributed by atoms with E-state index in [1.54, 1.807) is 6.26 Å². The summed E-state index contributed by atoms with van der Waals surface area (Å²) in [5.74, 6) is 1.81. The van der Waals surface area contributed by atoms with Gasteiger partial charge in [-0.25, -0.2) is 0 Å². The summed E-state index contributed by atoms with van der Waals surface area (Å²) in [6.45, 7) is 1.69. The van der Waals surface area contributed by atoms with Gasteiger partial charge in [-0.3, -0.25) is 4.90 Å². The molecule has 3 rings (SSSR count). The Hall–Kier alpha value is -1.45. The zero-order valence-corrected chi connectivity index (χ0v) is 10.9. The smallest absolute Gasteiger partial charge is 0.140 e. The van der Waals surface area contributed by atoms with Crippen LogP contribution < -0.4 is 4.74 Å².